The second-order valence-corrected chi connectivity index (χ2v) is 18.6. The van der Waals surface area contributed by atoms with Crippen LogP contribution in [0.15, 0.2) is 112 Å². The predicted molar refractivity (Wildman–Crippen MR) is 264 cm³/mol. The fourth-order valence-corrected chi connectivity index (χ4v) is 9.97. The molecule has 3 amide bonds. The lowest BCUT2D eigenvalue weighted by atomic mass is 10.0. The van der Waals surface area contributed by atoms with Crippen molar-refractivity contribution in [1.29, 1.82) is 0 Å². The van der Waals surface area contributed by atoms with Crippen molar-refractivity contribution < 1.29 is 54.8 Å². The van der Waals surface area contributed by atoms with Gasteiger partial charge in [-0.05, 0) is 163 Å². The highest BCUT2D eigenvalue weighted by Gasteiger charge is 2.48. The van der Waals surface area contributed by atoms with Gasteiger partial charge in [-0.25, -0.2) is 4.99 Å². The zero-order valence-corrected chi connectivity index (χ0v) is 41.6. The van der Waals surface area contributed by atoms with Crippen LogP contribution in [0.3, 0.4) is 0 Å². The Morgan fingerprint density at radius 2 is 0.792 bits per heavy atom. The number of H-pyrrole nitrogens is 1. The summed E-state index contributed by atoms with van der Waals surface area (Å²) in [7, 11) is 3.27. The maximum atomic E-state index is 13.4. The van der Waals surface area contributed by atoms with Crippen LogP contribution in [0.25, 0.3) is 68.9 Å². The molecule has 0 aliphatic carbocycles. The van der Waals surface area contributed by atoms with E-state index in [0.717, 1.165) is 56.4 Å². The van der Waals surface area contributed by atoms with Crippen LogP contribution >= 0.6 is 0 Å². The Morgan fingerprint density at radius 1 is 0.431 bits per heavy atom. The van der Waals surface area contributed by atoms with E-state index < -0.39 is 5.91 Å². The molecule has 364 valence electrons. The van der Waals surface area contributed by atoms with Crippen LogP contribution < -0.4 is 0 Å². The van der Waals surface area contributed by atoms with Crippen LogP contribution in [-0.2, 0) is 9.59 Å². The normalized spacial score (nSPS) is 14.4. The van der Waals surface area contributed by atoms with Gasteiger partial charge in [-0.2, -0.15) is 0 Å². The van der Waals surface area contributed by atoms with E-state index in [2.05, 4.69) is 9.98 Å². The van der Waals surface area contributed by atoms with E-state index in [0.29, 0.717) is 86.2 Å². The van der Waals surface area contributed by atoms with E-state index in [-0.39, 0.29) is 45.7 Å². The summed E-state index contributed by atoms with van der Waals surface area (Å²) in [5, 5.41) is 10.9. The number of aryl methyl sites for hydroxylation is 10. The molecule has 16 nitrogen and oxygen atoms in total. The summed E-state index contributed by atoms with van der Waals surface area (Å²) >= 11 is 0. The molecule has 0 atom stereocenters. The number of hydrogen-bond acceptors (Lipinski definition) is 12. The third-order valence-electron chi connectivity index (χ3n) is 13.1. The average molecular weight is 969 g/mol. The number of aliphatic imine (C=N–C) groups is 1. The number of nitrogens with one attached hydrogen (secondary N) is 1. The molecule has 0 spiro atoms. The Labute approximate surface area is 411 Å². The summed E-state index contributed by atoms with van der Waals surface area (Å²) in [6, 6.07) is 18.5. The van der Waals surface area contributed by atoms with Gasteiger partial charge in [0.15, 0.2) is 75.0 Å². The molecule has 0 bridgehead atoms. The minimum Gasteiger partial charge on any atom is -0.494 e. The lowest BCUT2D eigenvalue weighted by molar-refractivity contribution is -0.123. The zero-order chi connectivity index (χ0) is 50.9. The molecule has 0 saturated carbocycles. The molecule has 16 heteroatoms. The van der Waals surface area contributed by atoms with Crippen molar-refractivity contribution in [2.45, 2.75) is 69.2 Å². The molecule has 0 aromatic carbocycles. The number of carbonyl (C=O) groups excluding carboxylic acids is 3. The molecule has 3 aliphatic rings. The number of fused-ring (bicyclic) bond motifs is 2. The maximum Gasteiger partial charge on any atom is 0.280 e. The van der Waals surface area contributed by atoms with E-state index in [9.17, 15) is 19.5 Å². The van der Waals surface area contributed by atoms with Crippen LogP contribution in [0.2, 0.25) is 0 Å². The molecule has 9 aromatic heterocycles. The lowest BCUT2D eigenvalue weighted by Gasteiger charge is -2.17. The molecule has 72 heavy (non-hydrogen) atoms. The van der Waals surface area contributed by atoms with Crippen molar-refractivity contribution in [3.63, 3.8) is 0 Å². The maximum absolute atomic E-state index is 13.4. The van der Waals surface area contributed by atoms with Gasteiger partial charge in [-0.3, -0.25) is 14.4 Å². The SMILES string of the molecule is Cc1cc(C)c(-c2cc(C)c(C3=NC(=O)c4c(-c5oc(-c6oc(C)cc6C)cc5C)[nH]c(O)c43)o2)o1.Cc1cc(C)c(-c2ccc(C3=C4C(=O)N(C)C(c5ccc(-c6oc(C)cc6C)o5)=C4C(=O)N3C)o2)o1. The van der Waals surface area contributed by atoms with Gasteiger partial charge in [-0.1, -0.05) is 0 Å². The average Bonchev–Trinajstić information content (AvgIpc) is 4.16. The molecular formula is C56H48N4O12. The molecule has 0 unspecified atom stereocenters. The highest BCUT2D eigenvalue weighted by Crippen LogP contribution is 2.48. The highest BCUT2D eigenvalue weighted by atomic mass is 16.4. The van der Waals surface area contributed by atoms with Crippen molar-refractivity contribution in [3.05, 3.63) is 157 Å². The topological polar surface area (TPSA) is 211 Å². The van der Waals surface area contributed by atoms with Crippen LogP contribution in [0, 0.1) is 69.2 Å². The summed E-state index contributed by atoms with van der Waals surface area (Å²) in [6.07, 6.45) is 0. The van der Waals surface area contributed by atoms with Gasteiger partial charge < -0.3 is 55.2 Å². The molecule has 12 rings (SSSR count). The number of rotatable bonds is 8. The van der Waals surface area contributed by atoms with Gasteiger partial charge in [0.25, 0.3) is 17.7 Å². The van der Waals surface area contributed by atoms with Crippen molar-refractivity contribution in [3.8, 4) is 63.4 Å². The molecule has 2 N–H and O–H groups in total. The molecule has 0 saturated heterocycles. The summed E-state index contributed by atoms with van der Waals surface area (Å²) < 4.78 is 47.6. The number of carbonyl (C=O) groups is 3. The first-order valence-corrected chi connectivity index (χ1v) is 23.1. The number of aromatic amines is 1. The van der Waals surface area contributed by atoms with Crippen molar-refractivity contribution in [2.75, 3.05) is 14.1 Å². The van der Waals surface area contributed by atoms with E-state index in [1.807, 2.05) is 106 Å². The lowest BCUT2D eigenvalue weighted by Crippen LogP contribution is -2.25. The minimum absolute atomic E-state index is 0.186. The Kier molecular flexibility index (Phi) is 10.3. The number of furan rings is 8. The van der Waals surface area contributed by atoms with Crippen LogP contribution in [-0.4, -0.2) is 57.4 Å². The van der Waals surface area contributed by atoms with Gasteiger partial charge in [0.1, 0.15) is 40.1 Å². The molecule has 0 radical (unpaired) electrons. The van der Waals surface area contributed by atoms with Crippen LogP contribution in [0.5, 0.6) is 5.88 Å². The number of amides is 3. The quantitative estimate of drug-likeness (QED) is 0.146. The fraction of sp³-hybridized carbons (Fsp3) is 0.214. The third-order valence-corrected chi connectivity index (χ3v) is 13.1. The number of nitrogens with zero attached hydrogens (tertiary/aromatic N) is 3. The summed E-state index contributed by atoms with van der Waals surface area (Å²) in [5.41, 5.74) is 7.87. The third kappa shape index (κ3) is 7.03. The standard InChI is InChI=1S/2C28H24N2O6/c1-11-7-15(5)33-23(11)17-9-13(3)25(35-17)21-19-20(28(32)29-21)22(30-27(19)31)26-14(4)10-18(36-26)24-12(2)8-16(6)34-24;1-13-11-15(3)33-25(13)19-9-7-17(35-19)23-21-22(28(32)29(23)5)24(30(6)27(21)31)18-8-10-20(36-18)26-14(2)12-16(4)34-26/h7-10,29,32H,1-6H3;7-12H,1-6H3. The first-order valence-electron chi connectivity index (χ1n) is 23.1. The monoisotopic (exact) mass is 968 g/mol. The first-order chi connectivity index (χ1) is 34.3. The second-order valence-electron chi connectivity index (χ2n) is 18.6. The Hall–Kier alpha value is -8.92. The van der Waals surface area contributed by atoms with E-state index in [4.69, 9.17) is 35.3 Å². The largest absolute Gasteiger partial charge is 0.494 e. The summed E-state index contributed by atoms with van der Waals surface area (Å²) in [5.74, 6) is 8.05. The van der Waals surface area contributed by atoms with Crippen LogP contribution in [0.1, 0.15) is 89.6 Å². The second kappa shape index (κ2) is 16.3. The van der Waals surface area contributed by atoms with Crippen molar-refractivity contribution >= 4 is 34.8 Å². The smallest absolute Gasteiger partial charge is 0.280 e. The number of aromatic nitrogens is 1. The summed E-state index contributed by atoms with van der Waals surface area (Å²) in [4.78, 5) is 50.1. The highest BCUT2D eigenvalue weighted by molar-refractivity contribution is 6.31. The van der Waals surface area contributed by atoms with Gasteiger partial charge >= 0.3 is 0 Å². The molecule has 12 heterocycles. The van der Waals surface area contributed by atoms with E-state index in [1.165, 1.54) is 9.80 Å². The van der Waals surface area contributed by atoms with E-state index in [1.54, 1.807) is 38.4 Å². The van der Waals surface area contributed by atoms with Gasteiger partial charge in [0.05, 0.1) is 28.0 Å². The number of aromatic hydroxyl groups is 1. The van der Waals surface area contributed by atoms with Crippen molar-refractivity contribution in [1.82, 2.24) is 14.8 Å². The van der Waals surface area contributed by atoms with Gasteiger partial charge in [0, 0.05) is 14.1 Å². The van der Waals surface area contributed by atoms with Gasteiger partial charge in [0.2, 0.25) is 0 Å². The van der Waals surface area contributed by atoms with Gasteiger partial charge in [-0.15, -0.1) is 0 Å². The number of likely N-dealkylation sites (N-methyl/N-ethyl adjacent to an activating group) is 2. The predicted octanol–water partition coefficient (Wildman–Crippen LogP) is 12.6. The van der Waals surface area contributed by atoms with E-state index >= 15 is 0 Å². The fourth-order valence-electron chi connectivity index (χ4n) is 9.97. The molecule has 9 aromatic rings. The molecule has 0 fully saturated rings. The van der Waals surface area contributed by atoms with Crippen molar-refractivity contribution in [2.24, 2.45) is 4.99 Å². The Balaban J connectivity index is 0.000000156. The first kappa shape index (κ1) is 45.5. The Morgan fingerprint density at radius 3 is 1.19 bits per heavy atom. The minimum atomic E-state index is -0.490. The Bertz CT molecular complexity index is 3760. The molecular weight excluding hydrogens is 921 g/mol. The zero-order valence-electron chi connectivity index (χ0n) is 41.6. The molecule has 3 aliphatic heterocycles. The number of hydrogen-bond donors (Lipinski definition) is 2. The van der Waals surface area contributed by atoms with Crippen LogP contribution in [0.4, 0.5) is 0 Å². The summed E-state index contributed by atoms with van der Waals surface area (Å²) in [6.45, 7) is 19.0.